The molecule has 0 atom stereocenters. The Hall–Kier alpha value is -2.57. The number of nitrogens with zero attached hydrogens (tertiary/aromatic N) is 3. The fourth-order valence-electron chi connectivity index (χ4n) is 2.52. The first-order valence-electron chi connectivity index (χ1n) is 7.12. The quantitative estimate of drug-likeness (QED) is 0.871. The van der Waals surface area contributed by atoms with E-state index in [0.29, 0.717) is 18.7 Å². The number of hydrogen-bond acceptors (Lipinski definition) is 3. The summed E-state index contributed by atoms with van der Waals surface area (Å²) in [5.74, 6) is -2.41. The van der Waals surface area contributed by atoms with E-state index in [4.69, 9.17) is 0 Å². The number of aromatic nitrogens is 1. The smallest absolute Gasteiger partial charge is 0.242 e. The van der Waals surface area contributed by atoms with Gasteiger partial charge in [0.2, 0.25) is 5.91 Å². The lowest BCUT2D eigenvalue weighted by molar-refractivity contribution is -0.131. The summed E-state index contributed by atoms with van der Waals surface area (Å²) in [6.07, 6.45) is 1.47. The van der Waals surface area contributed by atoms with Gasteiger partial charge in [-0.15, -0.1) is 0 Å². The summed E-state index contributed by atoms with van der Waals surface area (Å²) < 4.78 is 39.9. The molecule has 1 amide bonds. The zero-order valence-electron chi connectivity index (χ0n) is 12.2. The second-order valence-electron chi connectivity index (χ2n) is 5.29. The molecule has 2 aromatic rings. The van der Waals surface area contributed by atoms with E-state index in [0.717, 1.165) is 12.1 Å². The van der Waals surface area contributed by atoms with Gasteiger partial charge in [-0.25, -0.2) is 18.2 Å². The Bertz CT molecular complexity index is 738. The predicted molar refractivity (Wildman–Crippen MR) is 78.2 cm³/mol. The highest BCUT2D eigenvalue weighted by Crippen LogP contribution is 2.19. The van der Waals surface area contributed by atoms with Crippen molar-refractivity contribution in [3.8, 4) is 0 Å². The first-order valence-corrected chi connectivity index (χ1v) is 7.12. The third-order valence-electron chi connectivity index (χ3n) is 3.71. The zero-order valence-corrected chi connectivity index (χ0v) is 12.2. The molecule has 3 rings (SSSR count). The summed E-state index contributed by atoms with van der Waals surface area (Å²) in [5, 5.41) is 0. The Morgan fingerprint density at radius 1 is 1.04 bits per heavy atom. The number of piperazine rings is 1. The minimum Gasteiger partial charge on any atom is -0.343 e. The van der Waals surface area contributed by atoms with E-state index in [9.17, 15) is 18.0 Å². The van der Waals surface area contributed by atoms with Crippen molar-refractivity contribution in [3.05, 3.63) is 59.5 Å². The molecule has 120 valence electrons. The van der Waals surface area contributed by atoms with Gasteiger partial charge in [-0.1, -0.05) is 6.07 Å². The van der Waals surface area contributed by atoms with Crippen molar-refractivity contribution in [1.29, 1.82) is 0 Å². The molecule has 0 spiro atoms. The van der Waals surface area contributed by atoms with Crippen molar-refractivity contribution in [3.63, 3.8) is 0 Å². The summed E-state index contributed by atoms with van der Waals surface area (Å²) >= 11 is 0. The van der Waals surface area contributed by atoms with Crippen molar-refractivity contribution in [1.82, 2.24) is 9.88 Å². The minimum absolute atomic E-state index is 0.00237. The van der Waals surface area contributed by atoms with E-state index in [1.165, 1.54) is 29.3 Å². The van der Waals surface area contributed by atoms with Crippen molar-refractivity contribution < 1.29 is 18.0 Å². The zero-order chi connectivity index (χ0) is 16.4. The normalized spacial score (nSPS) is 15.2. The fourth-order valence-corrected chi connectivity index (χ4v) is 2.52. The standard InChI is InChI=1S/C16H14F3N3O/c17-12-4-3-11(8-14(12)19)9-21-6-7-22(10-15(21)23)16-13(18)2-1-5-20-16/h1-5,8H,6-7,9-10H2. The Morgan fingerprint density at radius 3 is 2.57 bits per heavy atom. The first kappa shape index (κ1) is 15.3. The van der Waals surface area contributed by atoms with Crippen molar-refractivity contribution >= 4 is 11.7 Å². The van der Waals surface area contributed by atoms with E-state index in [1.54, 1.807) is 4.90 Å². The number of carbonyl (C=O) groups excluding carboxylic acids is 1. The largest absolute Gasteiger partial charge is 0.343 e. The molecule has 2 heterocycles. The summed E-state index contributed by atoms with van der Waals surface area (Å²) in [4.78, 5) is 19.3. The van der Waals surface area contributed by atoms with Gasteiger partial charge in [0, 0.05) is 25.8 Å². The molecule has 0 saturated carbocycles. The molecule has 1 aliphatic heterocycles. The number of carbonyl (C=O) groups is 1. The van der Waals surface area contributed by atoms with Crippen LogP contribution in [0.4, 0.5) is 19.0 Å². The summed E-state index contributed by atoms with van der Waals surface area (Å²) in [7, 11) is 0. The van der Waals surface area contributed by atoms with Crippen LogP contribution in [0.15, 0.2) is 36.5 Å². The van der Waals surface area contributed by atoms with Crippen LogP contribution >= 0.6 is 0 Å². The van der Waals surface area contributed by atoms with E-state index in [2.05, 4.69) is 4.98 Å². The highest BCUT2D eigenvalue weighted by molar-refractivity contribution is 5.82. The van der Waals surface area contributed by atoms with Gasteiger partial charge in [0.05, 0.1) is 6.54 Å². The predicted octanol–water partition coefficient (Wildman–Crippen LogP) is 2.35. The first-order chi connectivity index (χ1) is 11.0. The molecule has 0 bridgehead atoms. The lowest BCUT2D eigenvalue weighted by Crippen LogP contribution is -2.50. The minimum atomic E-state index is -0.941. The van der Waals surface area contributed by atoms with Crippen molar-refractivity contribution in [2.45, 2.75) is 6.54 Å². The van der Waals surface area contributed by atoms with Crippen molar-refractivity contribution in [2.24, 2.45) is 0 Å². The van der Waals surface area contributed by atoms with Crippen LogP contribution in [0.3, 0.4) is 0 Å². The molecule has 0 N–H and O–H groups in total. The van der Waals surface area contributed by atoms with Gasteiger partial charge >= 0.3 is 0 Å². The molecule has 4 nitrogen and oxygen atoms in total. The van der Waals surface area contributed by atoms with Crippen LogP contribution in [0.1, 0.15) is 5.56 Å². The molecule has 1 aromatic carbocycles. The SMILES string of the molecule is O=C1CN(c2ncccc2F)CCN1Cc1ccc(F)c(F)c1. The molecule has 0 unspecified atom stereocenters. The summed E-state index contributed by atoms with van der Waals surface area (Å²) in [5.41, 5.74) is 0.509. The van der Waals surface area contributed by atoms with Gasteiger partial charge in [-0.2, -0.15) is 0 Å². The molecule has 0 radical (unpaired) electrons. The summed E-state index contributed by atoms with van der Waals surface area (Å²) in [6.45, 7) is 0.962. The van der Waals surface area contributed by atoms with Crippen LogP contribution in [-0.4, -0.2) is 35.4 Å². The summed E-state index contributed by atoms with van der Waals surface area (Å²) in [6, 6.07) is 6.33. The maximum atomic E-state index is 13.7. The Labute approximate surface area is 131 Å². The Morgan fingerprint density at radius 2 is 1.87 bits per heavy atom. The lowest BCUT2D eigenvalue weighted by Gasteiger charge is -2.35. The van der Waals surface area contributed by atoms with Crippen molar-refractivity contribution in [2.75, 3.05) is 24.5 Å². The fraction of sp³-hybridized carbons (Fsp3) is 0.250. The molecular weight excluding hydrogens is 307 g/mol. The molecule has 7 heteroatoms. The van der Waals surface area contributed by atoms with E-state index < -0.39 is 17.5 Å². The number of pyridine rings is 1. The number of rotatable bonds is 3. The molecule has 1 fully saturated rings. The number of amides is 1. The third-order valence-corrected chi connectivity index (χ3v) is 3.71. The third kappa shape index (κ3) is 3.28. The molecule has 1 aliphatic rings. The van der Waals surface area contributed by atoms with Crippen LogP contribution in [0.2, 0.25) is 0 Å². The molecule has 0 aliphatic carbocycles. The highest BCUT2D eigenvalue weighted by atomic mass is 19.2. The number of halogens is 3. The Kier molecular flexibility index (Phi) is 4.18. The van der Waals surface area contributed by atoms with Gasteiger partial charge in [0.1, 0.15) is 0 Å². The molecule has 1 saturated heterocycles. The van der Waals surface area contributed by atoms with Crippen LogP contribution in [0, 0.1) is 17.5 Å². The number of hydrogen-bond donors (Lipinski definition) is 0. The van der Waals surface area contributed by atoms with Gasteiger partial charge in [0.15, 0.2) is 23.3 Å². The van der Waals surface area contributed by atoms with Crippen LogP contribution in [-0.2, 0) is 11.3 Å². The average Bonchev–Trinajstić information content (AvgIpc) is 2.53. The van der Waals surface area contributed by atoms with E-state index >= 15 is 0 Å². The van der Waals surface area contributed by atoms with Crippen LogP contribution in [0.25, 0.3) is 0 Å². The van der Waals surface area contributed by atoms with Gasteiger partial charge < -0.3 is 9.80 Å². The topological polar surface area (TPSA) is 36.4 Å². The van der Waals surface area contributed by atoms with Gasteiger partial charge in [0.25, 0.3) is 0 Å². The van der Waals surface area contributed by atoms with Crippen LogP contribution < -0.4 is 4.90 Å². The van der Waals surface area contributed by atoms with Crippen LogP contribution in [0.5, 0.6) is 0 Å². The number of anilines is 1. The molecular formula is C16H14F3N3O. The van der Waals surface area contributed by atoms with Gasteiger partial charge in [-0.3, -0.25) is 4.79 Å². The van der Waals surface area contributed by atoms with E-state index in [1.807, 2.05) is 0 Å². The second-order valence-corrected chi connectivity index (χ2v) is 5.29. The number of benzene rings is 1. The molecule has 1 aromatic heterocycles. The Balaban J connectivity index is 1.68. The second kappa shape index (κ2) is 6.28. The van der Waals surface area contributed by atoms with E-state index in [-0.39, 0.29) is 24.8 Å². The average molecular weight is 321 g/mol. The lowest BCUT2D eigenvalue weighted by atomic mass is 10.2. The monoisotopic (exact) mass is 321 g/mol. The maximum absolute atomic E-state index is 13.7. The van der Waals surface area contributed by atoms with Gasteiger partial charge in [-0.05, 0) is 29.8 Å². The molecule has 23 heavy (non-hydrogen) atoms. The highest BCUT2D eigenvalue weighted by Gasteiger charge is 2.26. The maximum Gasteiger partial charge on any atom is 0.242 e.